The van der Waals surface area contributed by atoms with Gasteiger partial charge in [0.1, 0.15) is 10.8 Å². The Balaban J connectivity index is 2.29. The van der Waals surface area contributed by atoms with E-state index in [1.165, 1.54) is 23.0 Å². The number of benzene rings is 1. The molecule has 6 heteroatoms. The Kier molecular flexibility index (Phi) is 3.03. The van der Waals surface area contributed by atoms with E-state index in [4.69, 9.17) is 28.9 Å². The van der Waals surface area contributed by atoms with Crippen LogP contribution in [0.3, 0.4) is 0 Å². The minimum atomic E-state index is -0.338. The van der Waals surface area contributed by atoms with Crippen molar-refractivity contribution in [3.8, 4) is 0 Å². The number of rotatable bonds is 2. The molecule has 1 heterocycles. The standard InChI is InChI=1S/C10H8Cl2FN3/c11-7-1-2-9(13)6(3-7)4-16-5-8(12)10(14)15-16/h1-3,5H,4H2,(H2,14,15). The molecule has 0 bridgehead atoms. The van der Waals surface area contributed by atoms with Gasteiger partial charge >= 0.3 is 0 Å². The molecule has 0 saturated heterocycles. The van der Waals surface area contributed by atoms with Gasteiger partial charge in [-0.15, -0.1) is 0 Å². The maximum Gasteiger partial charge on any atom is 0.164 e. The highest BCUT2D eigenvalue weighted by Crippen LogP contribution is 2.19. The highest BCUT2D eigenvalue weighted by molar-refractivity contribution is 6.32. The fourth-order valence-corrected chi connectivity index (χ4v) is 1.68. The highest BCUT2D eigenvalue weighted by atomic mass is 35.5. The summed E-state index contributed by atoms with van der Waals surface area (Å²) >= 11 is 11.5. The van der Waals surface area contributed by atoms with Crippen LogP contribution in [0.5, 0.6) is 0 Å². The molecule has 0 aliphatic heterocycles. The second kappa shape index (κ2) is 4.31. The van der Waals surface area contributed by atoms with Gasteiger partial charge in [-0.3, -0.25) is 4.68 Å². The second-order valence-electron chi connectivity index (χ2n) is 3.30. The summed E-state index contributed by atoms with van der Waals surface area (Å²) in [4.78, 5) is 0. The first kappa shape index (κ1) is 11.2. The van der Waals surface area contributed by atoms with Gasteiger partial charge in [-0.05, 0) is 18.2 Å². The zero-order chi connectivity index (χ0) is 11.7. The van der Waals surface area contributed by atoms with Crippen LogP contribution in [0.4, 0.5) is 10.2 Å². The monoisotopic (exact) mass is 259 g/mol. The Hall–Kier alpha value is -1.26. The van der Waals surface area contributed by atoms with Crippen LogP contribution in [0.25, 0.3) is 0 Å². The lowest BCUT2D eigenvalue weighted by Gasteiger charge is -2.03. The predicted molar refractivity (Wildman–Crippen MR) is 62.2 cm³/mol. The van der Waals surface area contributed by atoms with E-state index in [-0.39, 0.29) is 18.2 Å². The molecule has 0 spiro atoms. The van der Waals surface area contributed by atoms with Gasteiger partial charge in [-0.1, -0.05) is 23.2 Å². The van der Waals surface area contributed by atoms with Crippen LogP contribution in [0.1, 0.15) is 5.56 Å². The summed E-state index contributed by atoms with van der Waals surface area (Å²) in [6, 6.07) is 4.35. The molecule has 2 rings (SSSR count). The van der Waals surface area contributed by atoms with Crippen molar-refractivity contribution in [1.82, 2.24) is 9.78 Å². The van der Waals surface area contributed by atoms with Crippen molar-refractivity contribution in [3.63, 3.8) is 0 Å². The van der Waals surface area contributed by atoms with E-state index in [1.807, 2.05) is 0 Å². The molecule has 0 fully saturated rings. The summed E-state index contributed by atoms with van der Waals surface area (Å²) in [6.45, 7) is 0.239. The Labute approximate surface area is 102 Å². The zero-order valence-corrected chi connectivity index (χ0v) is 9.63. The van der Waals surface area contributed by atoms with Gasteiger partial charge in [0.2, 0.25) is 0 Å². The van der Waals surface area contributed by atoms with Crippen LogP contribution in [0, 0.1) is 5.82 Å². The number of hydrogen-bond acceptors (Lipinski definition) is 2. The van der Waals surface area contributed by atoms with Gasteiger partial charge in [0, 0.05) is 16.8 Å². The Bertz CT molecular complexity index is 505. The van der Waals surface area contributed by atoms with Crippen LogP contribution in [-0.2, 0) is 6.54 Å². The number of nitrogens with zero attached hydrogens (tertiary/aromatic N) is 2. The molecule has 0 radical (unpaired) electrons. The molecular formula is C10H8Cl2FN3. The molecule has 0 atom stereocenters. The third-order valence-corrected chi connectivity index (χ3v) is 2.61. The Morgan fingerprint density at radius 2 is 2.12 bits per heavy atom. The zero-order valence-electron chi connectivity index (χ0n) is 8.12. The smallest absolute Gasteiger partial charge is 0.164 e. The van der Waals surface area contributed by atoms with Gasteiger partial charge in [0.05, 0.1) is 6.54 Å². The number of aromatic nitrogens is 2. The summed E-state index contributed by atoms with van der Waals surface area (Å²) in [5, 5.41) is 4.75. The van der Waals surface area contributed by atoms with Crippen LogP contribution < -0.4 is 5.73 Å². The van der Waals surface area contributed by atoms with E-state index in [0.29, 0.717) is 15.6 Å². The van der Waals surface area contributed by atoms with Gasteiger partial charge in [-0.25, -0.2) is 4.39 Å². The fraction of sp³-hybridized carbons (Fsp3) is 0.100. The van der Waals surface area contributed by atoms with Crippen molar-refractivity contribution in [1.29, 1.82) is 0 Å². The molecule has 3 nitrogen and oxygen atoms in total. The summed E-state index contributed by atoms with van der Waals surface area (Å²) < 4.78 is 14.9. The average molecular weight is 260 g/mol. The van der Waals surface area contributed by atoms with E-state index in [9.17, 15) is 4.39 Å². The molecule has 0 aliphatic carbocycles. The molecule has 84 valence electrons. The maximum absolute atomic E-state index is 13.4. The number of halogens is 3. The molecule has 0 unspecified atom stereocenters. The normalized spacial score (nSPS) is 10.7. The van der Waals surface area contributed by atoms with Crippen LogP contribution >= 0.6 is 23.2 Å². The quantitative estimate of drug-likeness (QED) is 0.902. The van der Waals surface area contributed by atoms with Crippen molar-refractivity contribution >= 4 is 29.0 Å². The first-order valence-electron chi connectivity index (χ1n) is 4.48. The van der Waals surface area contributed by atoms with E-state index in [1.54, 1.807) is 6.07 Å². The molecule has 0 aliphatic rings. The lowest BCUT2D eigenvalue weighted by atomic mass is 10.2. The van der Waals surface area contributed by atoms with E-state index in [2.05, 4.69) is 5.10 Å². The summed E-state index contributed by atoms with van der Waals surface area (Å²) in [5.74, 6) is -0.112. The van der Waals surface area contributed by atoms with Crippen LogP contribution in [0.15, 0.2) is 24.4 Å². The van der Waals surface area contributed by atoms with E-state index >= 15 is 0 Å². The molecule has 0 amide bonds. The van der Waals surface area contributed by atoms with Crippen molar-refractivity contribution in [2.45, 2.75) is 6.54 Å². The lowest BCUT2D eigenvalue weighted by molar-refractivity contribution is 0.586. The van der Waals surface area contributed by atoms with Gasteiger partial charge in [0.15, 0.2) is 5.82 Å². The molecule has 16 heavy (non-hydrogen) atoms. The minimum Gasteiger partial charge on any atom is -0.381 e. The Morgan fingerprint density at radius 3 is 2.75 bits per heavy atom. The van der Waals surface area contributed by atoms with Crippen molar-refractivity contribution in [3.05, 3.63) is 45.8 Å². The third kappa shape index (κ3) is 2.28. The molecule has 2 N–H and O–H groups in total. The van der Waals surface area contributed by atoms with E-state index in [0.717, 1.165) is 0 Å². The number of nitrogen functional groups attached to an aromatic ring is 1. The molecule has 1 aromatic heterocycles. The Morgan fingerprint density at radius 1 is 1.38 bits per heavy atom. The van der Waals surface area contributed by atoms with Gasteiger partial charge < -0.3 is 5.73 Å². The number of anilines is 1. The second-order valence-corrected chi connectivity index (χ2v) is 4.14. The van der Waals surface area contributed by atoms with Crippen LogP contribution in [-0.4, -0.2) is 9.78 Å². The predicted octanol–water partition coefficient (Wildman–Crippen LogP) is 2.96. The van der Waals surface area contributed by atoms with Gasteiger partial charge in [0.25, 0.3) is 0 Å². The largest absolute Gasteiger partial charge is 0.381 e. The fourth-order valence-electron chi connectivity index (χ4n) is 1.33. The molecular weight excluding hydrogens is 252 g/mol. The summed E-state index contributed by atoms with van der Waals surface area (Å²) in [5.41, 5.74) is 5.92. The lowest BCUT2D eigenvalue weighted by Crippen LogP contribution is -2.03. The molecule has 1 aromatic carbocycles. The molecule has 2 aromatic rings. The summed E-state index contributed by atoms with van der Waals surface area (Å²) in [7, 11) is 0. The number of nitrogens with two attached hydrogens (primary N) is 1. The first-order chi connectivity index (χ1) is 7.56. The topological polar surface area (TPSA) is 43.8 Å². The highest BCUT2D eigenvalue weighted by Gasteiger charge is 2.07. The molecule has 0 saturated carbocycles. The van der Waals surface area contributed by atoms with Crippen molar-refractivity contribution in [2.24, 2.45) is 0 Å². The minimum absolute atomic E-state index is 0.226. The van der Waals surface area contributed by atoms with Gasteiger partial charge in [-0.2, -0.15) is 5.10 Å². The van der Waals surface area contributed by atoms with Crippen molar-refractivity contribution in [2.75, 3.05) is 5.73 Å². The maximum atomic E-state index is 13.4. The van der Waals surface area contributed by atoms with Crippen LogP contribution in [0.2, 0.25) is 10.0 Å². The summed E-state index contributed by atoms with van der Waals surface area (Å²) in [6.07, 6.45) is 1.54. The average Bonchev–Trinajstić information content (AvgIpc) is 2.52. The number of hydrogen-bond donors (Lipinski definition) is 1. The first-order valence-corrected chi connectivity index (χ1v) is 5.24. The van der Waals surface area contributed by atoms with Crippen molar-refractivity contribution < 1.29 is 4.39 Å². The third-order valence-electron chi connectivity index (χ3n) is 2.08. The SMILES string of the molecule is Nc1nn(Cc2cc(Cl)ccc2F)cc1Cl. The van der Waals surface area contributed by atoms with E-state index < -0.39 is 0 Å².